The Hall–Kier alpha value is -1.71. The van der Waals surface area contributed by atoms with Crippen LogP contribution in [0.25, 0.3) is 0 Å². The Morgan fingerprint density at radius 3 is 2.79 bits per heavy atom. The van der Waals surface area contributed by atoms with Crippen LogP contribution in [0.15, 0.2) is 17.3 Å². The normalized spacial score (nSPS) is 24.5. The van der Waals surface area contributed by atoms with Crippen LogP contribution in [-0.2, 0) is 5.41 Å². The van der Waals surface area contributed by atoms with Crippen LogP contribution in [0.4, 0.5) is 0 Å². The number of oxime groups is 1. The second-order valence-corrected chi connectivity index (χ2v) is 7.88. The lowest BCUT2D eigenvalue weighted by Crippen LogP contribution is -2.32. The van der Waals surface area contributed by atoms with Gasteiger partial charge in [0.05, 0.1) is 5.71 Å². The molecule has 0 amide bonds. The van der Waals surface area contributed by atoms with E-state index in [1.165, 1.54) is 19.3 Å². The fraction of sp³-hybridized carbons (Fsp3) is 0.650. The van der Waals surface area contributed by atoms with Crippen molar-refractivity contribution < 1.29 is 15.1 Å². The minimum absolute atomic E-state index is 0.00665. The molecular formula is C20H29NO3. The molecule has 1 aromatic carbocycles. The number of ether oxygens (including phenoxy) is 1. The third-order valence-corrected chi connectivity index (χ3v) is 5.70. The van der Waals surface area contributed by atoms with Gasteiger partial charge in [0.1, 0.15) is 17.6 Å². The van der Waals surface area contributed by atoms with E-state index in [0.717, 1.165) is 42.6 Å². The van der Waals surface area contributed by atoms with Crippen molar-refractivity contribution in [2.75, 3.05) is 0 Å². The van der Waals surface area contributed by atoms with Gasteiger partial charge in [0.25, 0.3) is 0 Å². The molecule has 2 aliphatic rings. The summed E-state index contributed by atoms with van der Waals surface area (Å²) in [4.78, 5) is 0. The molecule has 1 aromatic rings. The van der Waals surface area contributed by atoms with Crippen LogP contribution in [0, 0.1) is 0 Å². The smallest absolute Gasteiger partial charge is 0.147 e. The molecule has 132 valence electrons. The van der Waals surface area contributed by atoms with Gasteiger partial charge in [0.2, 0.25) is 0 Å². The van der Waals surface area contributed by atoms with Gasteiger partial charge in [-0.05, 0) is 48.8 Å². The first-order valence-electron chi connectivity index (χ1n) is 9.22. The van der Waals surface area contributed by atoms with Gasteiger partial charge < -0.3 is 15.1 Å². The highest BCUT2D eigenvalue weighted by Gasteiger charge is 2.43. The zero-order chi connectivity index (χ0) is 17.3. The first-order valence-corrected chi connectivity index (χ1v) is 9.22. The van der Waals surface area contributed by atoms with E-state index in [-0.39, 0.29) is 17.4 Å². The van der Waals surface area contributed by atoms with Gasteiger partial charge in [0.15, 0.2) is 0 Å². The van der Waals surface area contributed by atoms with Crippen molar-refractivity contribution in [2.24, 2.45) is 5.16 Å². The van der Waals surface area contributed by atoms with Gasteiger partial charge >= 0.3 is 0 Å². The fourth-order valence-corrected chi connectivity index (χ4v) is 4.15. The molecule has 1 aliphatic carbocycles. The molecule has 0 radical (unpaired) electrons. The standard InChI is InChI=1S/C20H29NO3/c1-4-5-6-10-20(2,3)13-11-16(22)18-14-8-7-9-15(21-23)19(14)24-17(18)12-13/h11-12,14,19,22-23H,4-10H2,1-3H3/b21-15-. The summed E-state index contributed by atoms with van der Waals surface area (Å²) in [5.74, 6) is 1.21. The Morgan fingerprint density at radius 1 is 1.29 bits per heavy atom. The van der Waals surface area contributed by atoms with Crippen molar-refractivity contribution >= 4 is 5.71 Å². The van der Waals surface area contributed by atoms with E-state index in [1.54, 1.807) is 0 Å². The first-order chi connectivity index (χ1) is 11.5. The predicted octanol–water partition coefficient (Wildman–Crippen LogP) is 5.11. The van der Waals surface area contributed by atoms with Gasteiger partial charge in [-0.15, -0.1) is 0 Å². The van der Waals surface area contributed by atoms with Crippen LogP contribution in [0.1, 0.15) is 82.8 Å². The van der Waals surface area contributed by atoms with E-state index in [2.05, 4.69) is 32.0 Å². The van der Waals surface area contributed by atoms with Crippen LogP contribution in [0.5, 0.6) is 11.5 Å². The zero-order valence-corrected chi connectivity index (χ0v) is 15.0. The molecule has 0 saturated heterocycles. The first kappa shape index (κ1) is 17.1. The van der Waals surface area contributed by atoms with Crippen molar-refractivity contribution in [1.29, 1.82) is 0 Å². The number of unbranched alkanes of at least 4 members (excludes halogenated alkanes) is 2. The van der Waals surface area contributed by atoms with Crippen LogP contribution in [-0.4, -0.2) is 22.1 Å². The summed E-state index contributed by atoms with van der Waals surface area (Å²) in [7, 11) is 0. The zero-order valence-electron chi connectivity index (χ0n) is 15.0. The molecule has 2 atom stereocenters. The largest absolute Gasteiger partial charge is 0.508 e. The number of aromatic hydroxyl groups is 1. The highest BCUT2D eigenvalue weighted by molar-refractivity contribution is 5.91. The van der Waals surface area contributed by atoms with Gasteiger partial charge in [0, 0.05) is 11.5 Å². The highest BCUT2D eigenvalue weighted by atomic mass is 16.5. The van der Waals surface area contributed by atoms with Crippen molar-refractivity contribution in [1.82, 2.24) is 0 Å². The SMILES string of the molecule is CCCCCC(C)(C)c1cc(O)c2c(c1)OC1/C(=N\O)CCCC21. The van der Waals surface area contributed by atoms with E-state index < -0.39 is 0 Å². The number of hydrogen-bond donors (Lipinski definition) is 2. The summed E-state index contributed by atoms with van der Waals surface area (Å²) in [5.41, 5.74) is 2.72. The third-order valence-electron chi connectivity index (χ3n) is 5.70. The summed E-state index contributed by atoms with van der Waals surface area (Å²) in [6, 6.07) is 4.01. The Bertz CT molecular complexity index is 636. The molecule has 0 bridgehead atoms. The van der Waals surface area contributed by atoms with Crippen LogP contribution < -0.4 is 4.74 Å². The van der Waals surface area contributed by atoms with E-state index in [9.17, 15) is 10.3 Å². The molecule has 1 fully saturated rings. The van der Waals surface area contributed by atoms with Crippen molar-refractivity contribution in [3.8, 4) is 11.5 Å². The average molecular weight is 331 g/mol. The molecule has 2 unspecified atom stereocenters. The van der Waals surface area contributed by atoms with Gasteiger partial charge in [-0.1, -0.05) is 45.2 Å². The summed E-state index contributed by atoms with van der Waals surface area (Å²) in [6.07, 6.45) is 7.20. The van der Waals surface area contributed by atoms with E-state index >= 15 is 0 Å². The maximum absolute atomic E-state index is 10.7. The summed E-state index contributed by atoms with van der Waals surface area (Å²) >= 11 is 0. The van der Waals surface area contributed by atoms with Crippen molar-refractivity contribution in [3.05, 3.63) is 23.3 Å². The van der Waals surface area contributed by atoms with Crippen molar-refractivity contribution in [3.63, 3.8) is 0 Å². The topological polar surface area (TPSA) is 62.0 Å². The van der Waals surface area contributed by atoms with E-state index in [1.807, 2.05) is 6.07 Å². The second-order valence-electron chi connectivity index (χ2n) is 7.88. The molecule has 0 aromatic heterocycles. The fourth-order valence-electron chi connectivity index (χ4n) is 4.15. The van der Waals surface area contributed by atoms with Crippen LogP contribution in [0.3, 0.4) is 0 Å². The maximum Gasteiger partial charge on any atom is 0.147 e. The minimum Gasteiger partial charge on any atom is -0.508 e. The summed E-state index contributed by atoms with van der Waals surface area (Å²) < 4.78 is 6.11. The molecule has 0 spiro atoms. The minimum atomic E-state index is -0.219. The number of fused-ring (bicyclic) bond motifs is 3. The van der Waals surface area contributed by atoms with E-state index in [4.69, 9.17) is 4.74 Å². The monoisotopic (exact) mass is 331 g/mol. The molecule has 1 saturated carbocycles. The van der Waals surface area contributed by atoms with Crippen molar-refractivity contribution in [2.45, 2.75) is 83.2 Å². The second kappa shape index (κ2) is 6.66. The Kier molecular flexibility index (Phi) is 4.75. The van der Waals surface area contributed by atoms with Gasteiger partial charge in [-0.2, -0.15) is 0 Å². The molecule has 3 rings (SSSR count). The predicted molar refractivity (Wildman–Crippen MR) is 95.5 cm³/mol. The molecule has 4 nitrogen and oxygen atoms in total. The molecule has 2 N–H and O–H groups in total. The Morgan fingerprint density at radius 2 is 2.08 bits per heavy atom. The third kappa shape index (κ3) is 2.99. The molecule has 1 heterocycles. The molecule has 4 heteroatoms. The molecule has 24 heavy (non-hydrogen) atoms. The van der Waals surface area contributed by atoms with Crippen LogP contribution in [0.2, 0.25) is 0 Å². The number of phenols is 1. The summed E-state index contributed by atoms with van der Waals surface area (Å²) in [5, 5.41) is 23.3. The van der Waals surface area contributed by atoms with E-state index in [0.29, 0.717) is 11.5 Å². The molecule has 1 aliphatic heterocycles. The lowest BCUT2D eigenvalue weighted by Gasteiger charge is -2.26. The molecular weight excluding hydrogens is 302 g/mol. The number of rotatable bonds is 5. The number of hydrogen-bond acceptors (Lipinski definition) is 4. The maximum atomic E-state index is 10.7. The number of phenolic OH excluding ortho intramolecular Hbond substituents is 1. The lowest BCUT2D eigenvalue weighted by molar-refractivity contribution is 0.236. The Labute approximate surface area is 144 Å². The summed E-state index contributed by atoms with van der Waals surface area (Å²) in [6.45, 7) is 6.67. The van der Waals surface area contributed by atoms with Gasteiger partial charge in [-0.25, -0.2) is 0 Å². The number of benzene rings is 1. The Balaban J connectivity index is 1.90. The van der Waals surface area contributed by atoms with Gasteiger partial charge in [-0.3, -0.25) is 0 Å². The lowest BCUT2D eigenvalue weighted by atomic mass is 9.77. The highest BCUT2D eigenvalue weighted by Crippen LogP contribution is 2.50. The average Bonchev–Trinajstić information content (AvgIpc) is 2.93. The number of nitrogens with zero attached hydrogens (tertiary/aromatic N) is 1. The van der Waals surface area contributed by atoms with Crippen LogP contribution >= 0.6 is 0 Å². The quantitative estimate of drug-likeness (QED) is 0.448.